The number of nitrogens with one attached hydrogen (secondary N) is 1. The molecule has 0 saturated carbocycles. The van der Waals surface area contributed by atoms with Crippen molar-refractivity contribution in [2.24, 2.45) is 0 Å². The first-order chi connectivity index (χ1) is 17.2. The molecule has 6 rings (SSSR count). The summed E-state index contributed by atoms with van der Waals surface area (Å²) in [5.74, 6) is 0.271. The summed E-state index contributed by atoms with van der Waals surface area (Å²) in [5, 5.41) is 15.2. The largest absolute Gasteiger partial charge is 0.368 e. The van der Waals surface area contributed by atoms with Crippen LogP contribution in [0.2, 0.25) is 0 Å². The van der Waals surface area contributed by atoms with E-state index < -0.39 is 0 Å². The van der Waals surface area contributed by atoms with E-state index in [1.165, 1.54) is 12.1 Å². The number of para-hydroxylation sites is 2. The minimum Gasteiger partial charge on any atom is -0.368 e. The molecule has 0 atom stereocenters. The van der Waals surface area contributed by atoms with Crippen LogP contribution in [-0.2, 0) is 0 Å². The number of anilines is 3. The van der Waals surface area contributed by atoms with E-state index in [0.717, 1.165) is 22.4 Å². The molecule has 3 aromatic carbocycles. The maximum Gasteiger partial charge on any atom is 0.253 e. The van der Waals surface area contributed by atoms with E-state index in [0.29, 0.717) is 43.2 Å². The van der Waals surface area contributed by atoms with Crippen LogP contribution in [0.5, 0.6) is 0 Å². The third kappa shape index (κ3) is 3.99. The molecule has 0 aliphatic carbocycles. The minimum absolute atomic E-state index is 0.0109. The third-order valence-electron chi connectivity index (χ3n) is 6.18. The summed E-state index contributed by atoms with van der Waals surface area (Å²) in [6, 6.07) is 21.4. The van der Waals surface area contributed by atoms with Crippen molar-refractivity contribution in [2.75, 3.05) is 36.4 Å². The van der Waals surface area contributed by atoms with Gasteiger partial charge in [-0.05, 0) is 71.1 Å². The van der Waals surface area contributed by atoms with Crippen LogP contribution in [0.3, 0.4) is 0 Å². The number of halogens is 1. The molecule has 35 heavy (non-hydrogen) atoms. The lowest BCUT2D eigenvalue weighted by Gasteiger charge is -2.36. The molecule has 5 aromatic rings. The molecule has 0 spiro atoms. The number of piperazine rings is 1. The van der Waals surface area contributed by atoms with E-state index in [4.69, 9.17) is 0 Å². The number of hydrogen-bond donors (Lipinski definition) is 1. The van der Waals surface area contributed by atoms with Gasteiger partial charge in [0.2, 0.25) is 5.65 Å². The van der Waals surface area contributed by atoms with Crippen molar-refractivity contribution in [1.29, 1.82) is 0 Å². The number of carbonyl (C=O) groups excluding carboxylic acids is 1. The van der Waals surface area contributed by atoms with Crippen molar-refractivity contribution < 1.29 is 9.18 Å². The zero-order valence-corrected chi connectivity index (χ0v) is 18.7. The predicted molar refractivity (Wildman–Crippen MR) is 130 cm³/mol. The molecular weight excluding hydrogens is 447 g/mol. The van der Waals surface area contributed by atoms with E-state index in [1.807, 2.05) is 41.3 Å². The molecule has 1 fully saturated rings. The van der Waals surface area contributed by atoms with Gasteiger partial charge in [-0.3, -0.25) is 4.79 Å². The Bertz CT molecular complexity index is 1510. The van der Waals surface area contributed by atoms with Crippen molar-refractivity contribution in [3.05, 3.63) is 84.2 Å². The molecule has 10 heteroatoms. The molecule has 9 nitrogen and oxygen atoms in total. The molecule has 3 heterocycles. The van der Waals surface area contributed by atoms with Gasteiger partial charge in [-0.15, -0.1) is 5.10 Å². The summed E-state index contributed by atoms with van der Waals surface area (Å²) >= 11 is 0. The number of fused-ring (bicyclic) bond motifs is 3. The highest BCUT2D eigenvalue weighted by atomic mass is 19.1. The number of rotatable bonds is 4. The number of tetrazole rings is 1. The SMILES string of the molecule is O=C(c1ccc(Nc2nc3ccccc3n3nnnc23)cc1)N1CCN(c2ccc(F)cc2)CC1. The van der Waals surface area contributed by atoms with E-state index >= 15 is 0 Å². The predicted octanol–water partition coefficient (Wildman–Crippen LogP) is 3.52. The van der Waals surface area contributed by atoms with Crippen LogP contribution < -0.4 is 10.2 Å². The molecule has 0 bridgehead atoms. The highest BCUT2D eigenvalue weighted by Gasteiger charge is 2.22. The van der Waals surface area contributed by atoms with Gasteiger partial charge >= 0.3 is 0 Å². The second-order valence-corrected chi connectivity index (χ2v) is 8.32. The summed E-state index contributed by atoms with van der Waals surface area (Å²) in [6.07, 6.45) is 0. The highest BCUT2D eigenvalue weighted by Crippen LogP contribution is 2.23. The second kappa shape index (κ2) is 8.64. The van der Waals surface area contributed by atoms with Gasteiger partial charge in [0.05, 0.1) is 11.0 Å². The second-order valence-electron chi connectivity index (χ2n) is 8.32. The van der Waals surface area contributed by atoms with Gasteiger partial charge in [0, 0.05) is 43.1 Å². The molecule has 2 aromatic heterocycles. The fourth-order valence-electron chi connectivity index (χ4n) is 4.32. The Morgan fingerprint density at radius 2 is 1.63 bits per heavy atom. The van der Waals surface area contributed by atoms with Gasteiger partial charge < -0.3 is 15.1 Å². The van der Waals surface area contributed by atoms with E-state index in [2.05, 4.69) is 30.7 Å². The topological polar surface area (TPSA) is 91.5 Å². The Balaban J connectivity index is 1.15. The molecular formula is C25H21FN8O. The fourth-order valence-corrected chi connectivity index (χ4v) is 4.32. The van der Waals surface area contributed by atoms with Gasteiger partial charge in [-0.25, -0.2) is 9.37 Å². The monoisotopic (exact) mass is 468 g/mol. The normalized spacial score (nSPS) is 14.0. The van der Waals surface area contributed by atoms with Crippen molar-refractivity contribution in [1.82, 2.24) is 29.9 Å². The first-order valence-corrected chi connectivity index (χ1v) is 11.3. The van der Waals surface area contributed by atoms with Crippen LogP contribution in [0.4, 0.5) is 21.6 Å². The van der Waals surface area contributed by atoms with Gasteiger partial charge in [0.1, 0.15) is 5.82 Å². The Morgan fingerprint density at radius 1 is 0.886 bits per heavy atom. The summed E-state index contributed by atoms with van der Waals surface area (Å²) in [5.41, 5.74) is 4.46. The lowest BCUT2D eigenvalue weighted by Crippen LogP contribution is -2.48. The molecule has 174 valence electrons. The van der Waals surface area contributed by atoms with Crippen LogP contribution >= 0.6 is 0 Å². The number of amides is 1. The maximum absolute atomic E-state index is 13.2. The third-order valence-corrected chi connectivity index (χ3v) is 6.18. The number of aromatic nitrogens is 5. The first kappa shape index (κ1) is 21.0. The molecule has 1 saturated heterocycles. The Labute approximate surface area is 199 Å². The quantitative estimate of drug-likeness (QED) is 0.432. The van der Waals surface area contributed by atoms with Gasteiger partial charge in [0.15, 0.2) is 5.82 Å². The van der Waals surface area contributed by atoms with Crippen molar-refractivity contribution >= 4 is 39.8 Å². The van der Waals surface area contributed by atoms with Gasteiger partial charge in [-0.2, -0.15) is 4.52 Å². The summed E-state index contributed by atoms with van der Waals surface area (Å²) < 4.78 is 14.8. The fraction of sp³-hybridized carbons (Fsp3) is 0.160. The van der Waals surface area contributed by atoms with Crippen LogP contribution in [0.25, 0.3) is 16.7 Å². The standard InChI is InChI=1S/C25H21FN8O/c26-18-7-11-20(12-8-18)32-13-15-33(16-14-32)25(35)17-5-9-19(10-6-17)27-23-24-29-30-31-34(24)22-4-2-1-3-21(22)28-23/h1-12H,13-16H2,(H,27,28). The summed E-state index contributed by atoms with van der Waals surface area (Å²) in [6.45, 7) is 2.62. The van der Waals surface area contributed by atoms with Crippen molar-refractivity contribution in [3.8, 4) is 0 Å². The number of carbonyl (C=O) groups is 1. The molecule has 1 aliphatic rings. The van der Waals surface area contributed by atoms with E-state index in [1.54, 1.807) is 28.8 Å². The van der Waals surface area contributed by atoms with Crippen molar-refractivity contribution in [3.63, 3.8) is 0 Å². The van der Waals surface area contributed by atoms with E-state index in [9.17, 15) is 9.18 Å². The van der Waals surface area contributed by atoms with Gasteiger partial charge in [-0.1, -0.05) is 12.1 Å². The lowest BCUT2D eigenvalue weighted by molar-refractivity contribution is 0.0747. The number of nitrogens with zero attached hydrogens (tertiary/aromatic N) is 7. The zero-order chi connectivity index (χ0) is 23.8. The maximum atomic E-state index is 13.2. The number of hydrogen-bond acceptors (Lipinski definition) is 7. The smallest absolute Gasteiger partial charge is 0.253 e. The summed E-state index contributed by atoms with van der Waals surface area (Å²) in [7, 11) is 0. The van der Waals surface area contributed by atoms with Gasteiger partial charge in [0.25, 0.3) is 5.91 Å². The average Bonchev–Trinajstić information content (AvgIpc) is 3.40. The van der Waals surface area contributed by atoms with E-state index in [-0.39, 0.29) is 11.7 Å². The van der Waals surface area contributed by atoms with Crippen LogP contribution in [-0.4, -0.2) is 62.0 Å². The lowest BCUT2D eigenvalue weighted by atomic mass is 10.1. The average molecular weight is 468 g/mol. The molecule has 1 aliphatic heterocycles. The van der Waals surface area contributed by atoms with Crippen LogP contribution in [0.15, 0.2) is 72.8 Å². The summed E-state index contributed by atoms with van der Waals surface area (Å²) in [4.78, 5) is 21.7. The molecule has 0 unspecified atom stereocenters. The first-order valence-electron chi connectivity index (χ1n) is 11.3. The molecule has 0 radical (unpaired) electrons. The Morgan fingerprint density at radius 3 is 2.40 bits per heavy atom. The van der Waals surface area contributed by atoms with Crippen molar-refractivity contribution in [2.45, 2.75) is 0 Å². The molecule has 1 N–H and O–H groups in total. The van der Waals surface area contributed by atoms with Crippen LogP contribution in [0, 0.1) is 5.82 Å². The highest BCUT2D eigenvalue weighted by molar-refractivity contribution is 5.95. The molecule has 1 amide bonds. The zero-order valence-electron chi connectivity index (χ0n) is 18.7. The van der Waals surface area contributed by atoms with Crippen LogP contribution in [0.1, 0.15) is 10.4 Å². The Hall–Kier alpha value is -4.60. The minimum atomic E-state index is -0.251. The Kier molecular flexibility index (Phi) is 5.17. The number of benzene rings is 3.